The largest absolute Gasteiger partial charge is 0.513 e. The smallest absolute Gasteiger partial charge is 0.115 e. The van der Waals surface area contributed by atoms with E-state index < -0.39 is 0 Å². The van der Waals surface area contributed by atoms with Crippen molar-refractivity contribution in [3.63, 3.8) is 0 Å². The maximum absolute atomic E-state index is 10.2. The number of aliphatic hydroxyl groups excluding tert-OH is 2. The molecule has 2 aliphatic carbocycles. The van der Waals surface area contributed by atoms with Crippen LogP contribution in [0.2, 0.25) is 0 Å². The molecular weight excluding hydrogens is 412 g/mol. The summed E-state index contributed by atoms with van der Waals surface area (Å²) in [6, 6.07) is 15.0. The number of aryl methyl sites for hydroxylation is 2. The van der Waals surface area contributed by atoms with Gasteiger partial charge in [0.1, 0.15) is 11.5 Å². The van der Waals surface area contributed by atoms with E-state index in [2.05, 4.69) is 6.08 Å². The third-order valence-corrected chi connectivity index (χ3v) is 7.78. The van der Waals surface area contributed by atoms with Gasteiger partial charge >= 0.3 is 0 Å². The van der Waals surface area contributed by atoms with Gasteiger partial charge in [0.05, 0.1) is 11.9 Å². The fourth-order valence-corrected chi connectivity index (χ4v) is 5.77. The van der Waals surface area contributed by atoms with E-state index in [-0.39, 0.29) is 23.0 Å². The van der Waals surface area contributed by atoms with Crippen molar-refractivity contribution in [3.8, 4) is 11.5 Å². The highest BCUT2D eigenvalue weighted by Crippen LogP contribution is 2.52. The van der Waals surface area contributed by atoms with Crippen LogP contribution in [0.5, 0.6) is 11.5 Å². The average molecular weight is 449 g/mol. The second-order valence-electron chi connectivity index (χ2n) is 9.81. The fourth-order valence-electron chi connectivity index (χ4n) is 5.77. The minimum Gasteiger partial charge on any atom is -0.513 e. The van der Waals surface area contributed by atoms with Crippen LogP contribution < -0.4 is 0 Å². The SMILES string of the molecule is OC1=CCC(C(CCc2ccc(O)cc2)(CCc2ccc(O)cc2)C2=CC[C@H](O)CC2)CC1. The van der Waals surface area contributed by atoms with Crippen LogP contribution in [-0.4, -0.2) is 26.5 Å². The molecule has 1 unspecified atom stereocenters. The van der Waals surface area contributed by atoms with E-state index in [0.717, 1.165) is 57.8 Å². The molecule has 2 aliphatic rings. The highest BCUT2D eigenvalue weighted by Gasteiger charge is 2.42. The lowest BCUT2D eigenvalue weighted by Gasteiger charge is -2.46. The molecule has 176 valence electrons. The number of allylic oxidation sites excluding steroid dienone is 3. The normalized spacial score (nSPS) is 21.4. The molecule has 2 aromatic carbocycles. The van der Waals surface area contributed by atoms with Gasteiger partial charge in [-0.1, -0.05) is 35.9 Å². The molecule has 0 aliphatic heterocycles. The summed E-state index contributed by atoms with van der Waals surface area (Å²) in [6.07, 6.45) is 12.9. The Balaban J connectivity index is 1.66. The molecule has 0 fully saturated rings. The highest BCUT2D eigenvalue weighted by molar-refractivity contribution is 5.29. The molecule has 0 heterocycles. The zero-order chi connectivity index (χ0) is 23.3. The standard InChI is InChI=1S/C29H36O4/c30-25-9-1-21(2-10-25)17-19-29(23-5-13-27(32)14-6-23,24-7-15-28(33)16-8-24)20-18-22-3-11-26(31)12-4-22/h1-5,9-12,15,24,27,30-33H,6-8,13-14,16-20H2/t24?,27-/m0/s1. The fraction of sp³-hybridized carbons (Fsp3) is 0.448. The number of phenols is 2. The first-order valence-electron chi connectivity index (χ1n) is 12.3. The summed E-state index contributed by atoms with van der Waals surface area (Å²) < 4.78 is 0. The van der Waals surface area contributed by atoms with Crippen LogP contribution in [0.3, 0.4) is 0 Å². The Morgan fingerprint density at radius 2 is 1.27 bits per heavy atom. The van der Waals surface area contributed by atoms with Crippen LogP contribution in [0, 0.1) is 11.3 Å². The van der Waals surface area contributed by atoms with E-state index in [0.29, 0.717) is 18.1 Å². The Labute approximate surface area is 196 Å². The maximum atomic E-state index is 10.2. The summed E-state index contributed by atoms with van der Waals surface area (Å²) in [5.41, 5.74) is 3.87. The third kappa shape index (κ3) is 5.80. The summed E-state index contributed by atoms with van der Waals surface area (Å²) in [5.74, 6) is 1.51. The molecule has 0 amide bonds. The molecule has 0 bridgehead atoms. The van der Waals surface area contributed by atoms with E-state index in [1.807, 2.05) is 30.3 Å². The summed E-state index contributed by atoms with van der Waals surface area (Å²) in [5, 5.41) is 39.6. The second kappa shape index (κ2) is 10.5. The molecule has 0 spiro atoms. The number of rotatable bonds is 8. The molecule has 33 heavy (non-hydrogen) atoms. The molecule has 2 aromatic rings. The van der Waals surface area contributed by atoms with E-state index in [1.54, 1.807) is 24.3 Å². The molecule has 0 saturated heterocycles. The van der Waals surface area contributed by atoms with Gasteiger partial charge in [0, 0.05) is 6.42 Å². The maximum Gasteiger partial charge on any atom is 0.115 e. The van der Waals surface area contributed by atoms with E-state index in [4.69, 9.17) is 0 Å². The molecular formula is C29H36O4. The van der Waals surface area contributed by atoms with Gasteiger partial charge in [0.15, 0.2) is 0 Å². The highest BCUT2D eigenvalue weighted by atomic mass is 16.3. The van der Waals surface area contributed by atoms with Crippen molar-refractivity contribution in [2.24, 2.45) is 11.3 Å². The number of hydrogen-bond donors (Lipinski definition) is 4. The molecule has 4 rings (SSSR count). The van der Waals surface area contributed by atoms with Crippen molar-refractivity contribution in [2.75, 3.05) is 0 Å². The van der Waals surface area contributed by atoms with Crippen LogP contribution in [0.15, 0.2) is 72.0 Å². The number of hydrogen-bond acceptors (Lipinski definition) is 4. The lowest BCUT2D eigenvalue weighted by atomic mass is 9.59. The lowest BCUT2D eigenvalue weighted by molar-refractivity contribution is 0.122. The molecule has 4 heteroatoms. The van der Waals surface area contributed by atoms with Gasteiger partial charge in [0.25, 0.3) is 0 Å². The van der Waals surface area contributed by atoms with Gasteiger partial charge in [-0.05, 0) is 111 Å². The quantitative estimate of drug-likeness (QED) is 0.354. The van der Waals surface area contributed by atoms with Crippen LogP contribution in [0.1, 0.15) is 62.5 Å². The van der Waals surface area contributed by atoms with Gasteiger partial charge in [-0.15, -0.1) is 0 Å². The molecule has 2 atom stereocenters. The minimum atomic E-state index is -0.254. The Morgan fingerprint density at radius 1 is 0.697 bits per heavy atom. The Bertz CT molecular complexity index is 922. The van der Waals surface area contributed by atoms with Gasteiger partial charge in [-0.3, -0.25) is 0 Å². The predicted octanol–water partition coefficient (Wildman–Crippen LogP) is 6.36. The average Bonchev–Trinajstić information content (AvgIpc) is 2.83. The Morgan fingerprint density at radius 3 is 1.73 bits per heavy atom. The zero-order valence-electron chi connectivity index (χ0n) is 19.3. The molecule has 0 radical (unpaired) electrons. The van der Waals surface area contributed by atoms with Crippen LogP contribution in [0.4, 0.5) is 0 Å². The first-order valence-corrected chi connectivity index (χ1v) is 12.3. The zero-order valence-corrected chi connectivity index (χ0v) is 19.3. The van der Waals surface area contributed by atoms with Crippen molar-refractivity contribution in [1.82, 2.24) is 0 Å². The number of aromatic hydroxyl groups is 2. The summed E-state index contributed by atoms with van der Waals surface area (Å²) in [6.45, 7) is 0. The summed E-state index contributed by atoms with van der Waals surface area (Å²) in [7, 11) is 0. The minimum absolute atomic E-state index is 0.0207. The monoisotopic (exact) mass is 448 g/mol. The van der Waals surface area contributed by atoms with Crippen molar-refractivity contribution in [3.05, 3.63) is 83.1 Å². The first-order chi connectivity index (χ1) is 15.9. The molecule has 0 saturated carbocycles. The van der Waals surface area contributed by atoms with Gasteiger partial charge in [0.2, 0.25) is 0 Å². The number of aliphatic hydroxyl groups is 2. The number of benzene rings is 2. The molecule has 4 nitrogen and oxygen atoms in total. The summed E-state index contributed by atoms with van der Waals surface area (Å²) in [4.78, 5) is 0. The van der Waals surface area contributed by atoms with E-state index in [1.165, 1.54) is 16.7 Å². The number of phenolic OH excluding ortho intramolecular Hbond substituents is 2. The lowest BCUT2D eigenvalue weighted by Crippen LogP contribution is -2.37. The van der Waals surface area contributed by atoms with Crippen LogP contribution >= 0.6 is 0 Å². The predicted molar refractivity (Wildman–Crippen MR) is 131 cm³/mol. The topological polar surface area (TPSA) is 80.9 Å². The Kier molecular flexibility index (Phi) is 7.44. The molecule has 0 aromatic heterocycles. The van der Waals surface area contributed by atoms with Crippen molar-refractivity contribution in [1.29, 1.82) is 0 Å². The van der Waals surface area contributed by atoms with Crippen LogP contribution in [0.25, 0.3) is 0 Å². The van der Waals surface area contributed by atoms with Crippen molar-refractivity contribution < 1.29 is 20.4 Å². The van der Waals surface area contributed by atoms with Gasteiger partial charge in [-0.25, -0.2) is 0 Å². The third-order valence-electron chi connectivity index (χ3n) is 7.78. The van der Waals surface area contributed by atoms with Gasteiger partial charge in [-0.2, -0.15) is 0 Å². The van der Waals surface area contributed by atoms with Crippen molar-refractivity contribution in [2.45, 2.75) is 70.3 Å². The van der Waals surface area contributed by atoms with E-state index in [9.17, 15) is 20.4 Å². The second-order valence-corrected chi connectivity index (χ2v) is 9.81. The van der Waals surface area contributed by atoms with Crippen molar-refractivity contribution >= 4 is 0 Å². The summed E-state index contributed by atoms with van der Waals surface area (Å²) >= 11 is 0. The van der Waals surface area contributed by atoms with Gasteiger partial charge < -0.3 is 20.4 Å². The van der Waals surface area contributed by atoms with E-state index >= 15 is 0 Å². The molecule has 4 N–H and O–H groups in total. The Hall–Kier alpha value is -2.72. The van der Waals surface area contributed by atoms with Crippen LogP contribution in [-0.2, 0) is 12.8 Å². The first kappa shape index (κ1) is 23.4.